The van der Waals surface area contributed by atoms with Crippen molar-refractivity contribution >= 4 is 11.6 Å². The van der Waals surface area contributed by atoms with Crippen LogP contribution < -0.4 is 19.5 Å². The van der Waals surface area contributed by atoms with Gasteiger partial charge in [0.25, 0.3) is 0 Å². The molecule has 2 aromatic rings. The summed E-state index contributed by atoms with van der Waals surface area (Å²) in [5.41, 5.74) is 1.63. The van der Waals surface area contributed by atoms with E-state index in [1.54, 1.807) is 25.3 Å². The van der Waals surface area contributed by atoms with Crippen molar-refractivity contribution in [3.05, 3.63) is 48.0 Å². The number of carbonyl (C=O) groups excluding carboxylic acids is 1. The lowest BCUT2D eigenvalue weighted by atomic mass is 10.2. The van der Waals surface area contributed by atoms with E-state index in [-0.39, 0.29) is 12.5 Å². The standard InChI is InChI=1S/C19H21NO5/c1-22-16-6-3-14(4-7-16)12-23-13-19(21)20-15-5-8-17-18(11-15)25-10-2-9-24-17/h3-8,11H,2,9-10,12-13H2,1H3,(H,20,21). The molecular weight excluding hydrogens is 322 g/mol. The number of amides is 1. The summed E-state index contributed by atoms with van der Waals surface area (Å²) in [7, 11) is 1.62. The van der Waals surface area contributed by atoms with E-state index in [1.807, 2.05) is 24.3 Å². The molecule has 1 N–H and O–H groups in total. The molecule has 6 nitrogen and oxygen atoms in total. The number of hydrogen-bond acceptors (Lipinski definition) is 5. The number of nitrogens with one attached hydrogen (secondary N) is 1. The number of carbonyl (C=O) groups is 1. The molecule has 0 atom stereocenters. The summed E-state index contributed by atoms with van der Waals surface area (Å²) in [5.74, 6) is 1.92. The molecule has 0 aliphatic carbocycles. The van der Waals surface area contributed by atoms with Crippen LogP contribution in [0, 0.1) is 0 Å². The predicted molar refractivity (Wildman–Crippen MR) is 93.3 cm³/mol. The topological polar surface area (TPSA) is 66.0 Å². The van der Waals surface area contributed by atoms with Gasteiger partial charge < -0.3 is 24.3 Å². The van der Waals surface area contributed by atoms with Crippen LogP contribution in [0.2, 0.25) is 0 Å². The average molecular weight is 343 g/mol. The van der Waals surface area contributed by atoms with Gasteiger partial charge in [-0.2, -0.15) is 0 Å². The highest BCUT2D eigenvalue weighted by Gasteiger charge is 2.12. The number of ether oxygens (including phenoxy) is 4. The van der Waals surface area contributed by atoms with Crippen LogP contribution >= 0.6 is 0 Å². The predicted octanol–water partition coefficient (Wildman–Crippen LogP) is 3.01. The molecule has 0 fully saturated rings. The second kappa shape index (κ2) is 8.39. The van der Waals surface area contributed by atoms with Gasteiger partial charge in [0.15, 0.2) is 11.5 Å². The molecule has 0 saturated heterocycles. The Bertz CT molecular complexity index is 714. The minimum atomic E-state index is -0.219. The summed E-state index contributed by atoms with van der Waals surface area (Å²) in [4.78, 5) is 12.0. The van der Waals surface area contributed by atoms with Crippen molar-refractivity contribution in [2.45, 2.75) is 13.0 Å². The Labute approximate surface area is 146 Å². The summed E-state index contributed by atoms with van der Waals surface area (Å²) in [6.45, 7) is 1.58. The molecular formula is C19H21NO5. The number of benzene rings is 2. The van der Waals surface area contributed by atoms with E-state index < -0.39 is 0 Å². The van der Waals surface area contributed by atoms with Crippen LogP contribution in [0.3, 0.4) is 0 Å². The van der Waals surface area contributed by atoms with Gasteiger partial charge in [-0.3, -0.25) is 4.79 Å². The van der Waals surface area contributed by atoms with E-state index >= 15 is 0 Å². The molecule has 6 heteroatoms. The zero-order valence-corrected chi connectivity index (χ0v) is 14.1. The number of methoxy groups -OCH3 is 1. The zero-order valence-electron chi connectivity index (χ0n) is 14.1. The fraction of sp³-hybridized carbons (Fsp3) is 0.316. The molecule has 132 valence electrons. The van der Waals surface area contributed by atoms with Crippen molar-refractivity contribution < 1.29 is 23.7 Å². The van der Waals surface area contributed by atoms with Crippen molar-refractivity contribution in [1.82, 2.24) is 0 Å². The van der Waals surface area contributed by atoms with Gasteiger partial charge >= 0.3 is 0 Å². The fourth-order valence-electron chi connectivity index (χ4n) is 2.42. The van der Waals surface area contributed by atoms with Gasteiger partial charge in [0.1, 0.15) is 12.4 Å². The highest BCUT2D eigenvalue weighted by molar-refractivity contribution is 5.92. The smallest absolute Gasteiger partial charge is 0.250 e. The maximum Gasteiger partial charge on any atom is 0.250 e. The van der Waals surface area contributed by atoms with Crippen LogP contribution in [-0.4, -0.2) is 32.8 Å². The van der Waals surface area contributed by atoms with Crippen LogP contribution in [0.1, 0.15) is 12.0 Å². The minimum Gasteiger partial charge on any atom is -0.497 e. The molecule has 25 heavy (non-hydrogen) atoms. The lowest BCUT2D eigenvalue weighted by molar-refractivity contribution is -0.121. The molecule has 1 aliphatic heterocycles. The van der Waals surface area contributed by atoms with Gasteiger partial charge in [-0.15, -0.1) is 0 Å². The Morgan fingerprint density at radius 3 is 2.60 bits per heavy atom. The summed E-state index contributed by atoms with van der Waals surface area (Å²) >= 11 is 0. The van der Waals surface area contributed by atoms with Crippen LogP contribution in [-0.2, 0) is 16.1 Å². The first-order chi connectivity index (χ1) is 12.2. The van der Waals surface area contributed by atoms with Crippen molar-refractivity contribution in [1.29, 1.82) is 0 Å². The summed E-state index contributed by atoms with van der Waals surface area (Å²) < 4.78 is 21.7. The summed E-state index contributed by atoms with van der Waals surface area (Å²) in [5, 5.41) is 2.80. The van der Waals surface area contributed by atoms with Crippen LogP contribution in [0.5, 0.6) is 17.2 Å². The number of rotatable bonds is 6. The zero-order chi connectivity index (χ0) is 17.5. The number of anilines is 1. The Morgan fingerprint density at radius 1 is 1.08 bits per heavy atom. The molecule has 1 aliphatic rings. The Hall–Kier alpha value is -2.73. The third-order valence-corrected chi connectivity index (χ3v) is 3.69. The van der Waals surface area contributed by atoms with Gasteiger partial charge in [-0.25, -0.2) is 0 Å². The molecule has 0 unspecified atom stereocenters. The molecule has 1 amide bonds. The Kier molecular flexibility index (Phi) is 5.74. The first kappa shape index (κ1) is 17.1. The van der Waals surface area contributed by atoms with E-state index in [4.69, 9.17) is 18.9 Å². The lowest BCUT2D eigenvalue weighted by Crippen LogP contribution is -2.18. The molecule has 0 radical (unpaired) electrons. The van der Waals surface area contributed by atoms with Crippen LogP contribution in [0.15, 0.2) is 42.5 Å². The van der Waals surface area contributed by atoms with Gasteiger partial charge in [0.2, 0.25) is 5.91 Å². The second-order valence-electron chi connectivity index (χ2n) is 5.60. The lowest BCUT2D eigenvalue weighted by Gasteiger charge is -2.10. The third-order valence-electron chi connectivity index (χ3n) is 3.69. The first-order valence-corrected chi connectivity index (χ1v) is 8.15. The van der Waals surface area contributed by atoms with E-state index in [2.05, 4.69) is 5.32 Å². The molecule has 0 saturated carbocycles. The highest BCUT2D eigenvalue weighted by Crippen LogP contribution is 2.32. The Morgan fingerprint density at radius 2 is 1.84 bits per heavy atom. The van der Waals surface area contributed by atoms with E-state index in [0.717, 1.165) is 17.7 Å². The number of hydrogen-bond donors (Lipinski definition) is 1. The summed E-state index contributed by atoms with van der Waals surface area (Å²) in [6, 6.07) is 12.9. The van der Waals surface area contributed by atoms with Crippen molar-refractivity contribution in [3.63, 3.8) is 0 Å². The number of fused-ring (bicyclic) bond motifs is 1. The van der Waals surface area contributed by atoms with Crippen LogP contribution in [0.25, 0.3) is 0 Å². The molecule has 2 aromatic carbocycles. The second-order valence-corrected chi connectivity index (χ2v) is 5.60. The van der Waals surface area contributed by atoms with Gasteiger partial charge in [0.05, 0.1) is 26.9 Å². The highest BCUT2D eigenvalue weighted by atomic mass is 16.5. The molecule has 1 heterocycles. The van der Waals surface area contributed by atoms with Gasteiger partial charge in [-0.1, -0.05) is 12.1 Å². The fourth-order valence-corrected chi connectivity index (χ4v) is 2.42. The monoisotopic (exact) mass is 343 g/mol. The normalized spacial score (nSPS) is 13.0. The summed E-state index contributed by atoms with van der Waals surface area (Å²) in [6.07, 6.45) is 0.843. The quantitative estimate of drug-likeness (QED) is 0.873. The van der Waals surface area contributed by atoms with Gasteiger partial charge in [0, 0.05) is 18.2 Å². The van der Waals surface area contributed by atoms with Crippen LogP contribution in [0.4, 0.5) is 5.69 Å². The molecule has 3 rings (SSSR count). The van der Waals surface area contributed by atoms with Gasteiger partial charge in [-0.05, 0) is 29.8 Å². The molecule has 0 aromatic heterocycles. The van der Waals surface area contributed by atoms with Crippen molar-refractivity contribution in [2.75, 3.05) is 32.2 Å². The van der Waals surface area contributed by atoms with E-state index in [1.165, 1.54) is 0 Å². The van der Waals surface area contributed by atoms with Crippen molar-refractivity contribution in [3.8, 4) is 17.2 Å². The molecule has 0 spiro atoms. The Balaban J connectivity index is 1.48. The molecule has 0 bridgehead atoms. The minimum absolute atomic E-state index is 0.0273. The largest absolute Gasteiger partial charge is 0.497 e. The van der Waals surface area contributed by atoms with E-state index in [0.29, 0.717) is 37.0 Å². The SMILES string of the molecule is COc1ccc(COCC(=O)Nc2ccc3c(c2)OCCCO3)cc1. The average Bonchev–Trinajstić information content (AvgIpc) is 2.87. The maximum atomic E-state index is 12.0. The first-order valence-electron chi connectivity index (χ1n) is 8.15. The van der Waals surface area contributed by atoms with Crippen molar-refractivity contribution in [2.24, 2.45) is 0 Å². The van der Waals surface area contributed by atoms with E-state index in [9.17, 15) is 4.79 Å². The third kappa shape index (κ3) is 4.87. The maximum absolute atomic E-state index is 12.0.